The average Bonchev–Trinajstić information content (AvgIpc) is 2.44. The third kappa shape index (κ3) is 2.92. The molecule has 0 aromatic heterocycles. The third-order valence-corrected chi connectivity index (χ3v) is 1.99. The molecule has 5 heteroatoms. The van der Waals surface area contributed by atoms with Gasteiger partial charge in [-0.3, -0.25) is 0 Å². The van der Waals surface area contributed by atoms with Crippen molar-refractivity contribution < 1.29 is 23.4 Å². The molecule has 1 heterocycles. The highest BCUT2D eigenvalue weighted by atomic mass is 19.1. The Morgan fingerprint density at radius 3 is 2.79 bits per heavy atom. The van der Waals surface area contributed by atoms with E-state index >= 15 is 0 Å². The molecule has 1 rings (SSSR count). The molecule has 0 aromatic rings. The van der Waals surface area contributed by atoms with Crippen molar-refractivity contribution in [2.24, 2.45) is 0 Å². The van der Waals surface area contributed by atoms with Crippen molar-refractivity contribution >= 4 is 5.97 Å². The van der Waals surface area contributed by atoms with Gasteiger partial charge in [-0.05, 0) is 13.8 Å². The standard InChI is InChI=1S/C9H15FO4/c1-9(2)13-5-6(14-9)4-7(10)8(11)12-3/h6-7H,4-5H2,1-3H3/t6-,7+/m0/s1. The molecule has 0 unspecified atom stereocenters. The summed E-state index contributed by atoms with van der Waals surface area (Å²) in [7, 11) is 1.16. The van der Waals surface area contributed by atoms with Crippen LogP contribution in [0.25, 0.3) is 0 Å². The molecule has 0 saturated carbocycles. The molecule has 0 radical (unpaired) electrons. The normalized spacial score (nSPS) is 27.3. The zero-order valence-electron chi connectivity index (χ0n) is 8.58. The third-order valence-electron chi connectivity index (χ3n) is 1.99. The van der Waals surface area contributed by atoms with Crippen LogP contribution < -0.4 is 0 Å². The lowest BCUT2D eigenvalue weighted by Crippen LogP contribution is -2.26. The first-order valence-electron chi connectivity index (χ1n) is 4.48. The van der Waals surface area contributed by atoms with E-state index in [1.54, 1.807) is 13.8 Å². The van der Waals surface area contributed by atoms with Gasteiger partial charge in [0.05, 0.1) is 19.8 Å². The minimum absolute atomic E-state index is 0.0178. The van der Waals surface area contributed by atoms with E-state index in [0.717, 1.165) is 7.11 Å². The number of ether oxygens (including phenoxy) is 3. The fourth-order valence-corrected chi connectivity index (χ4v) is 1.33. The number of carbonyl (C=O) groups is 1. The van der Waals surface area contributed by atoms with Crippen LogP contribution in [0.1, 0.15) is 20.3 Å². The average molecular weight is 206 g/mol. The van der Waals surface area contributed by atoms with E-state index in [1.165, 1.54) is 0 Å². The van der Waals surface area contributed by atoms with Crippen LogP contribution >= 0.6 is 0 Å². The Bertz CT molecular complexity index is 217. The number of rotatable bonds is 3. The van der Waals surface area contributed by atoms with Crippen LogP contribution in [0.15, 0.2) is 0 Å². The molecule has 4 nitrogen and oxygen atoms in total. The van der Waals surface area contributed by atoms with Gasteiger partial charge in [-0.25, -0.2) is 9.18 Å². The van der Waals surface area contributed by atoms with Gasteiger partial charge in [0.15, 0.2) is 12.0 Å². The van der Waals surface area contributed by atoms with E-state index in [-0.39, 0.29) is 12.5 Å². The van der Waals surface area contributed by atoms with Gasteiger partial charge >= 0.3 is 5.97 Å². The van der Waals surface area contributed by atoms with Crippen LogP contribution in [0.2, 0.25) is 0 Å². The molecule has 0 amide bonds. The van der Waals surface area contributed by atoms with Crippen LogP contribution in [0.5, 0.6) is 0 Å². The van der Waals surface area contributed by atoms with Gasteiger partial charge in [0.25, 0.3) is 0 Å². The molecule has 1 saturated heterocycles. The number of halogens is 1. The van der Waals surface area contributed by atoms with E-state index in [9.17, 15) is 9.18 Å². The Morgan fingerprint density at radius 1 is 1.71 bits per heavy atom. The molecule has 14 heavy (non-hydrogen) atoms. The second kappa shape index (κ2) is 4.23. The Kier molecular flexibility index (Phi) is 3.44. The van der Waals surface area contributed by atoms with Crippen molar-refractivity contribution in [1.82, 2.24) is 0 Å². The second-order valence-electron chi connectivity index (χ2n) is 3.68. The highest BCUT2D eigenvalue weighted by Crippen LogP contribution is 2.25. The number of esters is 1. The largest absolute Gasteiger partial charge is 0.467 e. The lowest BCUT2D eigenvalue weighted by Gasteiger charge is -2.17. The highest BCUT2D eigenvalue weighted by Gasteiger charge is 2.35. The van der Waals surface area contributed by atoms with Crippen LogP contribution in [-0.2, 0) is 19.0 Å². The van der Waals surface area contributed by atoms with E-state index < -0.39 is 17.9 Å². The second-order valence-corrected chi connectivity index (χ2v) is 3.68. The van der Waals surface area contributed by atoms with Gasteiger partial charge in [0.1, 0.15) is 0 Å². The Morgan fingerprint density at radius 2 is 2.36 bits per heavy atom. The van der Waals surface area contributed by atoms with Gasteiger partial charge in [0.2, 0.25) is 0 Å². The summed E-state index contributed by atoms with van der Waals surface area (Å²) in [5.74, 6) is -1.54. The minimum Gasteiger partial charge on any atom is -0.467 e. The highest BCUT2D eigenvalue weighted by molar-refractivity contribution is 5.74. The number of methoxy groups -OCH3 is 1. The van der Waals surface area contributed by atoms with Crippen molar-refractivity contribution in [2.45, 2.75) is 38.3 Å². The van der Waals surface area contributed by atoms with Crippen LogP contribution in [0, 0.1) is 0 Å². The van der Waals surface area contributed by atoms with E-state index in [2.05, 4.69) is 4.74 Å². The Labute approximate surface area is 82.3 Å². The van der Waals surface area contributed by atoms with E-state index in [4.69, 9.17) is 9.47 Å². The number of hydrogen-bond donors (Lipinski definition) is 0. The summed E-state index contributed by atoms with van der Waals surface area (Å²) in [6.45, 7) is 3.81. The number of alkyl halides is 1. The summed E-state index contributed by atoms with van der Waals surface area (Å²) in [5.41, 5.74) is 0. The molecule has 0 aromatic carbocycles. The molecule has 2 atom stereocenters. The van der Waals surface area contributed by atoms with Gasteiger partial charge in [-0.1, -0.05) is 0 Å². The van der Waals surface area contributed by atoms with Gasteiger partial charge < -0.3 is 14.2 Å². The number of carbonyl (C=O) groups excluding carboxylic acids is 1. The molecule has 0 N–H and O–H groups in total. The van der Waals surface area contributed by atoms with Gasteiger partial charge in [-0.15, -0.1) is 0 Å². The van der Waals surface area contributed by atoms with Crippen molar-refractivity contribution in [3.8, 4) is 0 Å². The molecule has 1 fully saturated rings. The quantitative estimate of drug-likeness (QED) is 0.647. The van der Waals surface area contributed by atoms with Gasteiger partial charge in [0, 0.05) is 6.42 Å². The van der Waals surface area contributed by atoms with Gasteiger partial charge in [-0.2, -0.15) is 0 Å². The smallest absolute Gasteiger partial charge is 0.340 e. The molecular formula is C9H15FO4. The van der Waals surface area contributed by atoms with Crippen molar-refractivity contribution in [3.05, 3.63) is 0 Å². The van der Waals surface area contributed by atoms with Crippen LogP contribution in [-0.4, -0.2) is 37.7 Å². The Balaban J connectivity index is 2.36. The SMILES string of the molecule is COC(=O)[C@H](F)C[C@H]1COC(C)(C)O1. The maximum atomic E-state index is 13.1. The minimum atomic E-state index is -1.64. The summed E-state index contributed by atoms with van der Waals surface area (Å²) >= 11 is 0. The van der Waals surface area contributed by atoms with Crippen molar-refractivity contribution in [2.75, 3.05) is 13.7 Å². The summed E-state index contributed by atoms with van der Waals surface area (Å²) in [6.07, 6.45) is -2.03. The first-order chi connectivity index (χ1) is 6.44. The first-order valence-corrected chi connectivity index (χ1v) is 4.48. The lowest BCUT2D eigenvalue weighted by molar-refractivity contribution is -0.153. The molecule has 0 spiro atoms. The number of hydrogen-bond acceptors (Lipinski definition) is 4. The van der Waals surface area contributed by atoms with E-state index in [1.807, 2.05) is 0 Å². The lowest BCUT2D eigenvalue weighted by atomic mass is 10.2. The van der Waals surface area contributed by atoms with Crippen LogP contribution in [0.3, 0.4) is 0 Å². The zero-order chi connectivity index (χ0) is 10.8. The molecule has 1 aliphatic rings. The van der Waals surface area contributed by atoms with Crippen molar-refractivity contribution in [3.63, 3.8) is 0 Å². The van der Waals surface area contributed by atoms with Crippen molar-refractivity contribution in [1.29, 1.82) is 0 Å². The Hall–Kier alpha value is -0.680. The fourth-order valence-electron chi connectivity index (χ4n) is 1.33. The maximum absolute atomic E-state index is 13.1. The fraction of sp³-hybridized carbons (Fsp3) is 0.889. The molecule has 82 valence electrons. The van der Waals surface area contributed by atoms with E-state index in [0.29, 0.717) is 6.61 Å². The summed E-state index contributed by atoms with van der Waals surface area (Å²) in [6, 6.07) is 0. The predicted molar refractivity (Wildman–Crippen MR) is 46.4 cm³/mol. The molecule has 0 bridgehead atoms. The first kappa shape index (κ1) is 11.4. The molecule has 0 aliphatic carbocycles. The zero-order valence-corrected chi connectivity index (χ0v) is 8.58. The summed E-state index contributed by atoms with van der Waals surface area (Å²) in [5, 5.41) is 0. The topological polar surface area (TPSA) is 44.8 Å². The maximum Gasteiger partial charge on any atom is 0.340 e. The summed E-state index contributed by atoms with van der Waals surface area (Å²) < 4.78 is 27.9. The van der Waals surface area contributed by atoms with Crippen LogP contribution in [0.4, 0.5) is 4.39 Å². The summed E-state index contributed by atoms with van der Waals surface area (Å²) in [4.78, 5) is 10.8. The monoisotopic (exact) mass is 206 g/mol. The predicted octanol–water partition coefficient (Wildman–Crippen LogP) is 1.04. The molecular weight excluding hydrogens is 191 g/mol. The molecule has 1 aliphatic heterocycles.